The summed E-state index contributed by atoms with van der Waals surface area (Å²) in [7, 11) is 0. The summed E-state index contributed by atoms with van der Waals surface area (Å²) in [5.74, 6) is -0.607. The summed E-state index contributed by atoms with van der Waals surface area (Å²) in [4.78, 5) is 12.4. The van der Waals surface area contributed by atoms with Crippen LogP contribution >= 0.6 is 23.4 Å². The molecule has 0 aliphatic heterocycles. The van der Waals surface area contributed by atoms with Crippen molar-refractivity contribution in [2.45, 2.75) is 30.2 Å². The molecule has 3 rings (SSSR count). The number of halogens is 4. The van der Waals surface area contributed by atoms with Crippen LogP contribution in [0.15, 0.2) is 53.7 Å². The van der Waals surface area contributed by atoms with Gasteiger partial charge in [-0.2, -0.15) is 4.68 Å². The minimum Gasteiger partial charge on any atom is -0.406 e. The van der Waals surface area contributed by atoms with E-state index in [1.807, 2.05) is 12.1 Å². The van der Waals surface area contributed by atoms with E-state index in [-0.39, 0.29) is 18.2 Å². The Hall–Kier alpha value is -2.79. The number of hydrogen-bond donors (Lipinski definition) is 1. The van der Waals surface area contributed by atoms with Gasteiger partial charge in [-0.15, -0.1) is 18.3 Å². The SMILES string of the molecule is CC(Sc1nnnn1-c1ccc(OC(F)(F)F)cc1)C(=O)NCc1ccccc1Cl. The number of rotatable bonds is 7. The van der Waals surface area contributed by atoms with Crippen LogP contribution in [0.5, 0.6) is 5.75 Å². The second kappa shape index (κ2) is 9.35. The topological polar surface area (TPSA) is 81.9 Å². The lowest BCUT2D eigenvalue weighted by Gasteiger charge is -2.13. The number of alkyl halides is 3. The number of nitrogens with one attached hydrogen (secondary N) is 1. The quantitative estimate of drug-likeness (QED) is 0.540. The van der Waals surface area contributed by atoms with Gasteiger partial charge in [0.1, 0.15) is 5.75 Å². The highest BCUT2D eigenvalue weighted by Crippen LogP contribution is 2.26. The van der Waals surface area contributed by atoms with Crippen molar-refractivity contribution in [3.05, 3.63) is 59.1 Å². The summed E-state index contributed by atoms with van der Waals surface area (Å²) in [5.41, 5.74) is 1.21. The molecule has 12 heteroatoms. The fourth-order valence-corrected chi connectivity index (χ4v) is 3.42. The van der Waals surface area contributed by atoms with Gasteiger partial charge < -0.3 is 10.1 Å². The Labute approximate surface area is 178 Å². The van der Waals surface area contributed by atoms with Crippen molar-refractivity contribution in [3.8, 4) is 11.4 Å². The van der Waals surface area contributed by atoms with E-state index in [0.717, 1.165) is 29.5 Å². The number of ether oxygens (including phenoxy) is 1. The molecule has 0 fully saturated rings. The van der Waals surface area contributed by atoms with Crippen LogP contribution in [-0.4, -0.2) is 37.7 Å². The molecule has 1 atom stereocenters. The zero-order valence-electron chi connectivity index (χ0n) is 15.4. The summed E-state index contributed by atoms with van der Waals surface area (Å²) in [5, 5.41) is 14.4. The molecular formula is C18H15ClF3N5O2S. The summed E-state index contributed by atoms with van der Waals surface area (Å²) in [6.45, 7) is 1.96. The van der Waals surface area contributed by atoms with E-state index in [4.69, 9.17) is 11.6 Å². The molecule has 0 radical (unpaired) electrons. The van der Waals surface area contributed by atoms with Crippen molar-refractivity contribution in [1.82, 2.24) is 25.5 Å². The fourth-order valence-electron chi connectivity index (χ4n) is 2.38. The Morgan fingerprint density at radius 1 is 1.23 bits per heavy atom. The number of tetrazole rings is 1. The maximum Gasteiger partial charge on any atom is 0.573 e. The third-order valence-corrected chi connectivity index (χ3v) is 5.22. The van der Waals surface area contributed by atoms with E-state index in [1.54, 1.807) is 19.1 Å². The number of hydrogen-bond acceptors (Lipinski definition) is 6. The number of carbonyl (C=O) groups is 1. The average molecular weight is 458 g/mol. The summed E-state index contributed by atoms with van der Waals surface area (Å²) in [6, 6.07) is 12.2. The molecule has 3 aromatic rings. The summed E-state index contributed by atoms with van der Waals surface area (Å²) in [6.07, 6.45) is -4.77. The lowest BCUT2D eigenvalue weighted by Crippen LogP contribution is -2.30. The van der Waals surface area contributed by atoms with Gasteiger partial charge in [-0.3, -0.25) is 4.79 Å². The molecule has 1 heterocycles. The second-order valence-electron chi connectivity index (χ2n) is 5.98. The highest BCUT2D eigenvalue weighted by molar-refractivity contribution is 8.00. The molecule has 30 heavy (non-hydrogen) atoms. The Morgan fingerprint density at radius 2 is 1.93 bits per heavy atom. The molecule has 0 bridgehead atoms. The molecule has 7 nitrogen and oxygen atoms in total. The van der Waals surface area contributed by atoms with Crippen molar-refractivity contribution in [2.75, 3.05) is 0 Å². The Bertz CT molecular complexity index is 1010. The smallest absolute Gasteiger partial charge is 0.406 e. The predicted molar refractivity (Wildman–Crippen MR) is 104 cm³/mol. The maximum atomic E-state index is 12.4. The highest BCUT2D eigenvalue weighted by atomic mass is 35.5. The van der Waals surface area contributed by atoms with Crippen LogP contribution in [0.2, 0.25) is 5.02 Å². The highest BCUT2D eigenvalue weighted by Gasteiger charge is 2.31. The van der Waals surface area contributed by atoms with E-state index in [1.165, 1.54) is 16.8 Å². The van der Waals surface area contributed by atoms with Crippen molar-refractivity contribution in [1.29, 1.82) is 0 Å². The standard InChI is InChI=1S/C18H15ClF3N5O2S/c1-11(16(28)23-10-12-4-2-3-5-15(12)19)30-17-24-25-26-27(17)13-6-8-14(9-7-13)29-18(20,21)22/h2-9,11H,10H2,1H3,(H,23,28). The molecule has 0 aliphatic rings. The van der Waals surface area contributed by atoms with E-state index in [9.17, 15) is 18.0 Å². The zero-order chi connectivity index (χ0) is 21.7. The van der Waals surface area contributed by atoms with Crippen LogP contribution in [0.1, 0.15) is 12.5 Å². The average Bonchev–Trinajstić information content (AvgIpc) is 3.14. The van der Waals surface area contributed by atoms with Crippen LogP contribution in [0.4, 0.5) is 13.2 Å². The van der Waals surface area contributed by atoms with E-state index in [2.05, 4.69) is 25.6 Å². The van der Waals surface area contributed by atoms with Crippen molar-refractivity contribution < 1.29 is 22.7 Å². The van der Waals surface area contributed by atoms with Crippen molar-refractivity contribution >= 4 is 29.3 Å². The molecule has 0 aliphatic carbocycles. The first kappa shape index (κ1) is 21.9. The third-order valence-electron chi connectivity index (χ3n) is 3.82. The number of nitrogens with zero attached hydrogens (tertiary/aromatic N) is 4. The molecule has 1 aromatic heterocycles. The van der Waals surface area contributed by atoms with Crippen LogP contribution in [0, 0.1) is 0 Å². The van der Waals surface area contributed by atoms with Gasteiger partial charge in [0.25, 0.3) is 0 Å². The Kier molecular flexibility index (Phi) is 6.83. The second-order valence-corrected chi connectivity index (χ2v) is 7.70. The maximum absolute atomic E-state index is 12.4. The monoisotopic (exact) mass is 457 g/mol. The fraction of sp³-hybridized carbons (Fsp3) is 0.222. The van der Waals surface area contributed by atoms with Crippen LogP contribution in [-0.2, 0) is 11.3 Å². The minimum absolute atomic E-state index is 0.247. The molecule has 0 spiro atoms. The van der Waals surface area contributed by atoms with Gasteiger partial charge in [-0.05, 0) is 53.2 Å². The molecule has 158 valence electrons. The number of aromatic nitrogens is 4. The summed E-state index contributed by atoms with van der Waals surface area (Å²) < 4.78 is 42.0. The zero-order valence-corrected chi connectivity index (χ0v) is 17.0. The molecule has 0 saturated heterocycles. The number of amides is 1. The van der Waals surface area contributed by atoms with Crippen molar-refractivity contribution in [2.24, 2.45) is 0 Å². The van der Waals surface area contributed by atoms with E-state index >= 15 is 0 Å². The van der Waals surface area contributed by atoms with E-state index < -0.39 is 11.6 Å². The number of benzene rings is 2. The third kappa shape index (κ3) is 5.86. The Morgan fingerprint density at radius 3 is 2.60 bits per heavy atom. The lowest BCUT2D eigenvalue weighted by molar-refractivity contribution is -0.274. The van der Waals surface area contributed by atoms with Gasteiger partial charge >= 0.3 is 6.36 Å². The first-order chi connectivity index (χ1) is 14.2. The molecule has 1 amide bonds. The Balaban J connectivity index is 1.63. The van der Waals surface area contributed by atoms with Crippen LogP contribution in [0.3, 0.4) is 0 Å². The van der Waals surface area contributed by atoms with Crippen LogP contribution < -0.4 is 10.1 Å². The van der Waals surface area contributed by atoms with E-state index in [0.29, 0.717) is 15.9 Å². The van der Waals surface area contributed by atoms with Gasteiger partial charge in [0.2, 0.25) is 11.1 Å². The predicted octanol–water partition coefficient (Wildman–Crippen LogP) is 4.01. The first-order valence-corrected chi connectivity index (χ1v) is 9.81. The molecular weight excluding hydrogens is 443 g/mol. The largest absolute Gasteiger partial charge is 0.573 e. The minimum atomic E-state index is -4.77. The van der Waals surface area contributed by atoms with Crippen LogP contribution in [0.25, 0.3) is 5.69 Å². The number of carbonyl (C=O) groups excluding carboxylic acids is 1. The van der Waals surface area contributed by atoms with Gasteiger partial charge in [0.15, 0.2) is 0 Å². The molecule has 1 unspecified atom stereocenters. The molecule has 0 saturated carbocycles. The summed E-state index contributed by atoms with van der Waals surface area (Å²) >= 11 is 7.18. The van der Waals surface area contributed by atoms with Crippen molar-refractivity contribution in [3.63, 3.8) is 0 Å². The van der Waals surface area contributed by atoms with Gasteiger partial charge in [0, 0.05) is 11.6 Å². The number of thioether (sulfide) groups is 1. The normalized spacial score (nSPS) is 12.4. The molecule has 2 aromatic carbocycles. The first-order valence-electron chi connectivity index (χ1n) is 8.55. The molecule has 1 N–H and O–H groups in total. The lowest BCUT2D eigenvalue weighted by atomic mass is 10.2. The van der Waals surface area contributed by atoms with Gasteiger partial charge in [0.05, 0.1) is 10.9 Å². The van der Waals surface area contributed by atoms with Gasteiger partial charge in [-0.1, -0.05) is 41.6 Å². The van der Waals surface area contributed by atoms with Gasteiger partial charge in [-0.25, -0.2) is 0 Å².